The van der Waals surface area contributed by atoms with E-state index in [1.807, 2.05) is 30.3 Å². The summed E-state index contributed by atoms with van der Waals surface area (Å²) in [6.45, 7) is 6.94. The first-order valence-electron chi connectivity index (χ1n) is 8.94. The number of Topliss-reactive ketones (excluding diaryl/α,β-unsaturated/α-hetero) is 1. The second-order valence-corrected chi connectivity index (χ2v) is 13.7. The largest absolute Gasteiger partial charge is 0.492 e. The average molecular weight is 430 g/mol. The van der Waals surface area contributed by atoms with Crippen molar-refractivity contribution in [1.82, 2.24) is 0 Å². The van der Waals surface area contributed by atoms with E-state index < -0.39 is 27.1 Å². The second kappa shape index (κ2) is 11.5. The Morgan fingerprint density at radius 2 is 1.79 bits per heavy atom. The minimum Gasteiger partial charge on any atom is -0.412 e. The lowest BCUT2D eigenvalue weighted by Gasteiger charge is -2.26. The Labute approximate surface area is 167 Å². The fourth-order valence-corrected chi connectivity index (χ4v) is 4.71. The number of ether oxygens (including phenoxy) is 1. The molecule has 1 aromatic carbocycles. The fourth-order valence-electron chi connectivity index (χ4n) is 2.49. The van der Waals surface area contributed by atoms with Gasteiger partial charge in [0.15, 0.2) is 8.32 Å². The molecule has 1 atom stereocenters. The third-order valence-electron chi connectivity index (χ3n) is 3.72. The van der Waals surface area contributed by atoms with Gasteiger partial charge in [-0.2, -0.15) is 0 Å². The van der Waals surface area contributed by atoms with Crippen molar-refractivity contribution < 1.29 is 32.4 Å². The van der Waals surface area contributed by atoms with Gasteiger partial charge in [0, 0.05) is 20.6 Å². The number of nitrogens with zero attached hydrogens (tertiary/aromatic N) is 1. The van der Waals surface area contributed by atoms with Crippen LogP contribution in [0.25, 0.3) is 0 Å². The van der Waals surface area contributed by atoms with Crippen molar-refractivity contribution in [2.75, 3.05) is 20.8 Å². The Bertz CT molecular complexity index is 723. The summed E-state index contributed by atoms with van der Waals surface area (Å²) in [6, 6.07) is 9.78. The van der Waals surface area contributed by atoms with Crippen LogP contribution in [0.5, 0.6) is 0 Å². The minimum absolute atomic E-state index is 0.00172. The molecule has 0 aliphatic rings. The number of rotatable bonds is 13. The van der Waals surface area contributed by atoms with Crippen molar-refractivity contribution in [3.63, 3.8) is 0 Å². The molecule has 0 aromatic heterocycles. The van der Waals surface area contributed by atoms with E-state index in [0.29, 0.717) is 19.6 Å². The molecule has 0 heterocycles. The number of benzene rings is 1. The van der Waals surface area contributed by atoms with Crippen molar-refractivity contribution in [2.24, 2.45) is 0 Å². The quantitative estimate of drug-likeness (QED) is 0.167. The standard InChI is InChI=1S/C18H30N2O6PSi/c1-23-27(22,24-2)18(20-19)17(21)12-11-16(26-28(3,4)5)14-25-13-15-9-7-6-8-10-15/h6-10,16,19H,11-14H2,1-5H3/q+1/t16-/m1/s1. The van der Waals surface area contributed by atoms with Crippen LogP contribution < -0.4 is 0 Å². The zero-order chi connectivity index (χ0) is 21.2. The Morgan fingerprint density at radius 1 is 1.18 bits per heavy atom. The zero-order valence-electron chi connectivity index (χ0n) is 17.1. The van der Waals surface area contributed by atoms with Gasteiger partial charge in [-0.25, -0.2) is 4.57 Å². The molecule has 0 radical (unpaired) electrons. The van der Waals surface area contributed by atoms with Crippen LogP contribution in [0, 0.1) is 5.53 Å². The topological polar surface area (TPSA) is 109 Å². The lowest BCUT2D eigenvalue weighted by Crippen LogP contribution is -2.35. The molecule has 0 saturated carbocycles. The third kappa shape index (κ3) is 8.28. The Morgan fingerprint density at radius 3 is 2.29 bits per heavy atom. The number of hydrogen-bond acceptors (Lipinski definition) is 7. The first kappa shape index (κ1) is 24.6. The monoisotopic (exact) mass is 429 g/mol. The number of ketones is 1. The van der Waals surface area contributed by atoms with E-state index in [1.54, 1.807) is 0 Å². The minimum atomic E-state index is -3.86. The van der Waals surface area contributed by atoms with Gasteiger partial charge in [-0.1, -0.05) is 30.3 Å². The maximum atomic E-state index is 12.4. The van der Waals surface area contributed by atoms with Gasteiger partial charge in [0.05, 0.1) is 29.6 Å². The van der Waals surface area contributed by atoms with Crippen molar-refractivity contribution in [3.05, 3.63) is 35.9 Å². The van der Waals surface area contributed by atoms with Gasteiger partial charge in [-0.15, -0.1) is 0 Å². The lowest BCUT2D eigenvalue weighted by molar-refractivity contribution is -0.134. The second-order valence-electron chi connectivity index (χ2n) is 7.11. The Hall–Kier alpha value is -1.44. The molecule has 0 aliphatic carbocycles. The summed E-state index contributed by atoms with van der Waals surface area (Å²) < 4.78 is 33.8. The van der Waals surface area contributed by atoms with Crippen molar-refractivity contribution in [1.29, 1.82) is 5.53 Å². The maximum absolute atomic E-state index is 12.4. The van der Waals surface area contributed by atoms with E-state index in [0.717, 1.165) is 19.8 Å². The van der Waals surface area contributed by atoms with E-state index in [-0.39, 0.29) is 12.5 Å². The van der Waals surface area contributed by atoms with Crippen LogP contribution in [0.4, 0.5) is 0 Å². The summed E-state index contributed by atoms with van der Waals surface area (Å²) in [5.74, 6) is -0.561. The Kier molecular flexibility index (Phi) is 10.1. The summed E-state index contributed by atoms with van der Waals surface area (Å²) in [5.41, 5.74) is 7.72. The highest BCUT2D eigenvalue weighted by Crippen LogP contribution is 2.47. The van der Waals surface area contributed by atoms with Crippen LogP contribution in [0.2, 0.25) is 19.6 Å². The van der Waals surface area contributed by atoms with Crippen LogP contribution >= 0.6 is 7.60 Å². The SMILES string of the molecule is COP(=O)(OC)C(=[N+]=N)C(=O)CC[C@H](COCc1ccccc1)O[Si](C)(C)C. The molecule has 0 amide bonds. The molecule has 0 bridgehead atoms. The molecule has 0 unspecified atom stereocenters. The molecule has 10 heteroatoms. The van der Waals surface area contributed by atoms with E-state index in [4.69, 9.17) is 23.7 Å². The van der Waals surface area contributed by atoms with Gasteiger partial charge < -0.3 is 18.2 Å². The first-order chi connectivity index (χ1) is 13.1. The summed E-state index contributed by atoms with van der Waals surface area (Å²) in [6.07, 6.45) is 0.0542. The van der Waals surface area contributed by atoms with Gasteiger partial charge in [0.25, 0.3) is 5.78 Å². The van der Waals surface area contributed by atoms with E-state index in [2.05, 4.69) is 24.4 Å². The highest BCUT2D eigenvalue weighted by molar-refractivity contribution is 7.74. The summed E-state index contributed by atoms with van der Waals surface area (Å²) in [7, 11) is -3.43. The van der Waals surface area contributed by atoms with Gasteiger partial charge in [0.2, 0.25) is 0 Å². The number of carbonyl (C=O) groups excluding carboxylic acids is 1. The van der Waals surface area contributed by atoms with E-state index >= 15 is 0 Å². The summed E-state index contributed by atoms with van der Waals surface area (Å²) in [5, 5.41) is 0. The van der Waals surface area contributed by atoms with Crippen molar-refractivity contribution in [3.8, 4) is 0 Å². The van der Waals surface area contributed by atoms with Crippen LogP contribution in [0.1, 0.15) is 18.4 Å². The molecule has 1 rings (SSSR count). The highest BCUT2D eigenvalue weighted by Gasteiger charge is 2.46. The molecule has 1 N–H and O–H groups in total. The highest BCUT2D eigenvalue weighted by atomic mass is 31.2. The molecule has 0 aliphatic heterocycles. The molecule has 0 saturated heterocycles. The molecule has 0 spiro atoms. The van der Waals surface area contributed by atoms with Crippen LogP contribution in [-0.4, -0.2) is 51.3 Å². The zero-order valence-corrected chi connectivity index (χ0v) is 19.0. The lowest BCUT2D eigenvalue weighted by atomic mass is 10.1. The predicted molar refractivity (Wildman–Crippen MR) is 108 cm³/mol. The molecule has 1 aromatic rings. The molecule has 0 fully saturated rings. The number of hydrogen-bond donors (Lipinski definition) is 1. The van der Waals surface area contributed by atoms with Crippen LogP contribution in [0.15, 0.2) is 30.3 Å². The first-order valence-corrected chi connectivity index (χ1v) is 13.9. The van der Waals surface area contributed by atoms with E-state index in [9.17, 15) is 9.36 Å². The Balaban J connectivity index is 2.71. The number of carbonyl (C=O) groups is 1. The predicted octanol–water partition coefficient (Wildman–Crippen LogP) is 3.90. The molecular formula is C18H30N2O6PSi+. The van der Waals surface area contributed by atoms with Crippen molar-refractivity contribution >= 4 is 27.1 Å². The molecule has 8 nitrogen and oxygen atoms in total. The van der Waals surface area contributed by atoms with E-state index in [1.165, 1.54) is 0 Å². The van der Waals surface area contributed by atoms with Gasteiger partial charge in [-0.05, 0) is 31.6 Å². The fraction of sp³-hybridized carbons (Fsp3) is 0.556. The maximum Gasteiger partial charge on any atom is 0.492 e. The van der Waals surface area contributed by atoms with Gasteiger partial charge >= 0.3 is 13.0 Å². The summed E-state index contributed by atoms with van der Waals surface area (Å²) in [4.78, 5) is 15.5. The normalized spacial score (nSPS) is 13.0. The van der Waals surface area contributed by atoms with Crippen LogP contribution in [-0.2, 0) is 34.2 Å². The third-order valence-corrected chi connectivity index (χ3v) is 6.59. The van der Waals surface area contributed by atoms with Gasteiger partial charge in [0.1, 0.15) is 0 Å². The molecule has 28 heavy (non-hydrogen) atoms. The number of nitrogens with one attached hydrogen (secondary N) is 1. The smallest absolute Gasteiger partial charge is 0.412 e. The molecular weight excluding hydrogens is 399 g/mol. The average Bonchev–Trinajstić information content (AvgIpc) is 2.66. The van der Waals surface area contributed by atoms with Crippen LogP contribution in [0.3, 0.4) is 0 Å². The summed E-state index contributed by atoms with van der Waals surface area (Å²) >= 11 is 0. The van der Waals surface area contributed by atoms with Gasteiger partial charge in [-0.3, -0.25) is 4.79 Å². The molecule has 156 valence electrons. The van der Waals surface area contributed by atoms with Crippen molar-refractivity contribution in [2.45, 2.75) is 45.2 Å².